The van der Waals surface area contributed by atoms with Crippen molar-refractivity contribution in [1.82, 2.24) is 5.32 Å². The number of hydrogen-bond donors (Lipinski definition) is 2. The van der Waals surface area contributed by atoms with E-state index in [2.05, 4.69) is 11.4 Å². The molecule has 1 aromatic heterocycles. The van der Waals surface area contributed by atoms with Gasteiger partial charge in [-0.2, -0.15) is 0 Å². The Labute approximate surface area is 124 Å². The molecule has 2 atom stereocenters. The lowest BCUT2D eigenvalue weighted by Crippen LogP contribution is -2.39. The number of fused-ring (bicyclic) bond motifs is 1. The maximum atomic E-state index is 12.4. The van der Waals surface area contributed by atoms with Crippen molar-refractivity contribution in [1.29, 1.82) is 0 Å². The maximum Gasteiger partial charge on any atom is 0.261 e. The van der Waals surface area contributed by atoms with E-state index < -0.39 is 0 Å². The lowest BCUT2D eigenvalue weighted by molar-refractivity contribution is 0.0933. The molecule has 3 nitrogen and oxygen atoms in total. The standard InChI is InChI=1S/C16H24N2OS/c17-10-12-6-4-7-13(12)18-16(19)15-9-11-5-2-1-3-8-14(11)20-15/h9,12-13H,1-8,10,17H2,(H,18,19). The number of rotatable bonds is 3. The second-order valence-electron chi connectivity index (χ2n) is 6.13. The molecule has 2 unspecified atom stereocenters. The van der Waals surface area contributed by atoms with Gasteiger partial charge in [-0.15, -0.1) is 11.3 Å². The first-order valence-electron chi connectivity index (χ1n) is 7.90. The largest absolute Gasteiger partial charge is 0.348 e. The number of nitrogens with one attached hydrogen (secondary N) is 1. The molecule has 3 N–H and O–H groups in total. The monoisotopic (exact) mass is 292 g/mol. The van der Waals surface area contributed by atoms with Crippen LogP contribution in [0.25, 0.3) is 0 Å². The molecule has 2 aliphatic carbocycles. The average molecular weight is 292 g/mol. The van der Waals surface area contributed by atoms with E-state index in [1.807, 2.05) is 0 Å². The van der Waals surface area contributed by atoms with Crippen molar-refractivity contribution in [3.8, 4) is 0 Å². The minimum atomic E-state index is 0.119. The van der Waals surface area contributed by atoms with Crippen molar-refractivity contribution in [2.45, 2.75) is 57.4 Å². The molecule has 1 fully saturated rings. The fraction of sp³-hybridized carbons (Fsp3) is 0.688. The van der Waals surface area contributed by atoms with Gasteiger partial charge in [-0.05, 0) is 62.6 Å². The van der Waals surface area contributed by atoms with E-state index >= 15 is 0 Å². The van der Waals surface area contributed by atoms with Gasteiger partial charge in [-0.3, -0.25) is 4.79 Å². The van der Waals surface area contributed by atoms with Crippen LogP contribution in [-0.4, -0.2) is 18.5 Å². The molecule has 1 heterocycles. The summed E-state index contributed by atoms with van der Waals surface area (Å²) in [5, 5.41) is 3.21. The summed E-state index contributed by atoms with van der Waals surface area (Å²) in [6.45, 7) is 0.686. The number of carbonyl (C=O) groups excluding carboxylic acids is 1. The van der Waals surface area contributed by atoms with E-state index in [9.17, 15) is 4.79 Å². The molecule has 3 rings (SSSR count). The van der Waals surface area contributed by atoms with E-state index in [0.29, 0.717) is 12.5 Å². The Morgan fingerprint density at radius 2 is 2.10 bits per heavy atom. The third kappa shape index (κ3) is 2.91. The maximum absolute atomic E-state index is 12.4. The lowest BCUT2D eigenvalue weighted by atomic mass is 10.0. The average Bonchev–Trinajstić information content (AvgIpc) is 3.00. The van der Waals surface area contributed by atoms with Gasteiger partial charge in [0, 0.05) is 10.9 Å². The molecule has 1 amide bonds. The van der Waals surface area contributed by atoms with Gasteiger partial charge in [-0.1, -0.05) is 12.8 Å². The predicted molar refractivity (Wildman–Crippen MR) is 83.2 cm³/mol. The fourth-order valence-electron chi connectivity index (χ4n) is 3.53. The molecule has 0 aliphatic heterocycles. The molecule has 0 spiro atoms. The zero-order chi connectivity index (χ0) is 13.9. The topological polar surface area (TPSA) is 55.1 Å². The van der Waals surface area contributed by atoms with Crippen LogP contribution in [0.2, 0.25) is 0 Å². The van der Waals surface area contributed by atoms with Crippen LogP contribution in [0.5, 0.6) is 0 Å². The second kappa shape index (κ2) is 6.27. The highest BCUT2D eigenvalue weighted by molar-refractivity contribution is 7.14. The minimum Gasteiger partial charge on any atom is -0.348 e. The van der Waals surface area contributed by atoms with Crippen LogP contribution in [0.3, 0.4) is 0 Å². The zero-order valence-corrected chi connectivity index (χ0v) is 12.8. The van der Waals surface area contributed by atoms with Crippen molar-refractivity contribution in [2.24, 2.45) is 11.7 Å². The second-order valence-corrected chi connectivity index (χ2v) is 7.26. The van der Waals surface area contributed by atoms with E-state index in [4.69, 9.17) is 5.73 Å². The summed E-state index contributed by atoms with van der Waals surface area (Å²) in [5.41, 5.74) is 7.20. The van der Waals surface area contributed by atoms with E-state index in [1.54, 1.807) is 11.3 Å². The SMILES string of the molecule is NCC1CCCC1NC(=O)c1cc2c(s1)CCCCC2. The Morgan fingerprint density at radius 3 is 2.95 bits per heavy atom. The van der Waals surface area contributed by atoms with Gasteiger partial charge in [0.05, 0.1) is 4.88 Å². The Morgan fingerprint density at radius 1 is 1.25 bits per heavy atom. The van der Waals surface area contributed by atoms with Crippen LogP contribution in [0.15, 0.2) is 6.07 Å². The van der Waals surface area contributed by atoms with Crippen LogP contribution in [0, 0.1) is 5.92 Å². The molecule has 0 aromatic carbocycles. The highest BCUT2D eigenvalue weighted by atomic mass is 32.1. The van der Waals surface area contributed by atoms with Crippen molar-refractivity contribution in [2.75, 3.05) is 6.54 Å². The smallest absolute Gasteiger partial charge is 0.261 e. The molecule has 0 saturated heterocycles. The van der Waals surface area contributed by atoms with Crippen molar-refractivity contribution >= 4 is 17.2 Å². The summed E-state index contributed by atoms with van der Waals surface area (Å²) in [5.74, 6) is 0.588. The van der Waals surface area contributed by atoms with Crippen LogP contribution < -0.4 is 11.1 Å². The summed E-state index contributed by atoms with van der Waals surface area (Å²) in [6, 6.07) is 2.42. The highest BCUT2D eigenvalue weighted by Crippen LogP contribution is 2.30. The van der Waals surface area contributed by atoms with Crippen molar-refractivity contribution in [3.63, 3.8) is 0 Å². The van der Waals surface area contributed by atoms with Gasteiger partial charge in [0.2, 0.25) is 0 Å². The number of amides is 1. The van der Waals surface area contributed by atoms with E-state index in [0.717, 1.165) is 30.6 Å². The molecule has 0 radical (unpaired) electrons. The molecule has 4 heteroatoms. The predicted octanol–water partition coefficient (Wildman–Crippen LogP) is 2.87. The van der Waals surface area contributed by atoms with Crippen LogP contribution in [-0.2, 0) is 12.8 Å². The first-order chi connectivity index (χ1) is 9.78. The van der Waals surface area contributed by atoms with Gasteiger partial charge in [0.25, 0.3) is 5.91 Å². The minimum absolute atomic E-state index is 0.119. The normalized spacial score (nSPS) is 26.1. The third-order valence-corrected chi connectivity index (χ3v) is 5.98. The zero-order valence-electron chi connectivity index (χ0n) is 12.0. The summed E-state index contributed by atoms with van der Waals surface area (Å²) >= 11 is 1.71. The van der Waals surface area contributed by atoms with Gasteiger partial charge in [0.15, 0.2) is 0 Å². The number of hydrogen-bond acceptors (Lipinski definition) is 3. The molecule has 110 valence electrons. The Kier molecular flexibility index (Phi) is 4.41. The number of nitrogens with two attached hydrogens (primary N) is 1. The summed E-state index contributed by atoms with van der Waals surface area (Å²) in [7, 11) is 0. The first-order valence-corrected chi connectivity index (χ1v) is 8.72. The molecular formula is C16H24N2OS. The molecule has 0 bridgehead atoms. The van der Waals surface area contributed by atoms with Crippen molar-refractivity contribution in [3.05, 3.63) is 21.4 Å². The number of carbonyl (C=O) groups is 1. The molecule has 2 aliphatic rings. The molecule has 1 aromatic rings. The van der Waals surface area contributed by atoms with Gasteiger partial charge in [-0.25, -0.2) is 0 Å². The summed E-state index contributed by atoms with van der Waals surface area (Å²) in [4.78, 5) is 14.8. The van der Waals surface area contributed by atoms with Crippen LogP contribution in [0.4, 0.5) is 0 Å². The Bertz CT molecular complexity index is 459. The number of thiophene rings is 1. The van der Waals surface area contributed by atoms with Crippen LogP contribution in [0.1, 0.15) is 58.6 Å². The molecule has 1 saturated carbocycles. The Balaban J connectivity index is 1.68. The Hall–Kier alpha value is -0.870. The quantitative estimate of drug-likeness (QED) is 0.842. The fourth-order valence-corrected chi connectivity index (χ4v) is 4.68. The highest BCUT2D eigenvalue weighted by Gasteiger charge is 2.28. The summed E-state index contributed by atoms with van der Waals surface area (Å²) in [6.07, 6.45) is 9.59. The third-order valence-electron chi connectivity index (χ3n) is 4.75. The van der Waals surface area contributed by atoms with Crippen LogP contribution >= 0.6 is 11.3 Å². The van der Waals surface area contributed by atoms with E-state index in [1.165, 1.54) is 36.1 Å². The first kappa shape index (κ1) is 14.1. The molecular weight excluding hydrogens is 268 g/mol. The van der Waals surface area contributed by atoms with Gasteiger partial charge in [0.1, 0.15) is 0 Å². The summed E-state index contributed by atoms with van der Waals surface area (Å²) < 4.78 is 0. The van der Waals surface area contributed by atoms with Gasteiger partial charge >= 0.3 is 0 Å². The molecule has 20 heavy (non-hydrogen) atoms. The van der Waals surface area contributed by atoms with Gasteiger partial charge < -0.3 is 11.1 Å². The lowest BCUT2D eigenvalue weighted by Gasteiger charge is -2.18. The van der Waals surface area contributed by atoms with Crippen molar-refractivity contribution < 1.29 is 4.79 Å². The van der Waals surface area contributed by atoms with E-state index in [-0.39, 0.29) is 11.9 Å². The number of aryl methyl sites for hydroxylation is 2.